The van der Waals surface area contributed by atoms with Gasteiger partial charge in [-0.15, -0.1) is 0 Å². The zero-order valence-corrected chi connectivity index (χ0v) is 9.91. The minimum atomic E-state index is -0.206. The van der Waals surface area contributed by atoms with Crippen LogP contribution >= 0.6 is 0 Å². The molecule has 0 spiro atoms. The number of nitrogens with one attached hydrogen (secondary N) is 1. The summed E-state index contributed by atoms with van der Waals surface area (Å²) in [5.41, 5.74) is 1.09. The summed E-state index contributed by atoms with van der Waals surface area (Å²) >= 11 is 0. The van der Waals surface area contributed by atoms with E-state index in [9.17, 15) is 4.39 Å². The molecule has 1 aromatic carbocycles. The van der Waals surface area contributed by atoms with E-state index in [0.29, 0.717) is 0 Å². The first-order valence-electron chi connectivity index (χ1n) is 5.79. The highest BCUT2D eigenvalue weighted by Crippen LogP contribution is 2.18. The summed E-state index contributed by atoms with van der Waals surface area (Å²) in [5.74, 6) is -0.206. The average molecular weight is 225 g/mol. The molecule has 1 aromatic rings. The molecule has 3 heteroatoms. The Hall–Kier alpha value is -0.930. The van der Waals surface area contributed by atoms with Gasteiger partial charge in [0.25, 0.3) is 0 Å². The summed E-state index contributed by atoms with van der Waals surface area (Å²) in [4.78, 5) is 0. The Bertz CT molecular complexity index is 299. The number of hydrogen-bond donors (Lipinski definition) is 2. The molecule has 0 saturated heterocycles. The quantitative estimate of drug-likeness (QED) is 0.780. The van der Waals surface area contributed by atoms with Gasteiger partial charge in [-0.3, -0.25) is 0 Å². The zero-order chi connectivity index (χ0) is 12.0. The number of aliphatic hydroxyl groups is 1. The lowest BCUT2D eigenvalue weighted by atomic mass is 10.0. The lowest BCUT2D eigenvalue weighted by Crippen LogP contribution is -2.30. The van der Waals surface area contributed by atoms with Crippen molar-refractivity contribution in [2.24, 2.45) is 0 Å². The van der Waals surface area contributed by atoms with Crippen LogP contribution in [0.25, 0.3) is 0 Å². The van der Waals surface area contributed by atoms with Crippen LogP contribution in [0.4, 0.5) is 4.39 Å². The largest absolute Gasteiger partial charge is 0.396 e. The van der Waals surface area contributed by atoms with E-state index in [0.717, 1.165) is 18.4 Å². The average Bonchev–Trinajstić information content (AvgIpc) is 2.27. The minimum Gasteiger partial charge on any atom is -0.396 e. The molecule has 0 amide bonds. The Labute approximate surface area is 96.5 Å². The van der Waals surface area contributed by atoms with Crippen molar-refractivity contribution in [3.8, 4) is 0 Å². The van der Waals surface area contributed by atoms with Crippen LogP contribution in [0, 0.1) is 5.82 Å². The van der Waals surface area contributed by atoms with Crippen molar-refractivity contribution in [1.82, 2.24) is 5.32 Å². The maximum absolute atomic E-state index is 12.8. The van der Waals surface area contributed by atoms with Gasteiger partial charge in [0.2, 0.25) is 0 Å². The molecule has 0 radical (unpaired) electrons. The first-order chi connectivity index (χ1) is 7.67. The molecule has 16 heavy (non-hydrogen) atoms. The Morgan fingerprint density at radius 3 is 2.44 bits per heavy atom. The molecule has 2 N–H and O–H groups in total. The molecule has 0 bridgehead atoms. The van der Waals surface area contributed by atoms with Crippen LogP contribution in [0.15, 0.2) is 24.3 Å². The van der Waals surface area contributed by atoms with E-state index in [-0.39, 0.29) is 24.5 Å². The molecule has 0 aliphatic rings. The van der Waals surface area contributed by atoms with Gasteiger partial charge in [0, 0.05) is 18.7 Å². The minimum absolute atomic E-state index is 0.189. The fourth-order valence-corrected chi connectivity index (χ4v) is 1.77. The summed E-state index contributed by atoms with van der Waals surface area (Å²) in [6, 6.07) is 7.07. The van der Waals surface area contributed by atoms with Crippen LogP contribution in [0.5, 0.6) is 0 Å². The molecule has 0 aliphatic carbocycles. The van der Waals surface area contributed by atoms with E-state index in [1.165, 1.54) is 12.1 Å². The molecular weight excluding hydrogens is 205 g/mol. The van der Waals surface area contributed by atoms with Crippen LogP contribution in [-0.2, 0) is 0 Å². The normalized spacial score (nSPS) is 14.8. The van der Waals surface area contributed by atoms with Crippen molar-refractivity contribution in [2.75, 3.05) is 6.61 Å². The Kier molecular flexibility index (Phi) is 5.43. The monoisotopic (exact) mass is 225 g/mol. The molecule has 0 aliphatic heterocycles. The smallest absolute Gasteiger partial charge is 0.123 e. The summed E-state index contributed by atoms with van der Waals surface area (Å²) in [6.07, 6.45) is 1.68. The molecule has 2 nitrogen and oxygen atoms in total. The zero-order valence-electron chi connectivity index (χ0n) is 9.91. The fraction of sp³-hybridized carbons (Fsp3) is 0.538. The standard InChI is InChI=1S/C13H20FNO/c1-3-13(15-10(2)8-9-16)11-4-6-12(14)7-5-11/h4-7,10,13,15-16H,3,8-9H2,1-2H3/t10-,13?/m1/s1. The molecule has 0 aromatic heterocycles. The van der Waals surface area contributed by atoms with Gasteiger partial charge in [0.1, 0.15) is 5.82 Å². The van der Waals surface area contributed by atoms with Crippen molar-refractivity contribution in [3.63, 3.8) is 0 Å². The number of aliphatic hydroxyl groups excluding tert-OH is 1. The van der Waals surface area contributed by atoms with Crippen LogP contribution in [-0.4, -0.2) is 17.8 Å². The van der Waals surface area contributed by atoms with Gasteiger partial charge in [-0.25, -0.2) is 4.39 Å². The number of hydrogen-bond acceptors (Lipinski definition) is 2. The fourth-order valence-electron chi connectivity index (χ4n) is 1.77. The number of rotatable bonds is 6. The third-order valence-electron chi connectivity index (χ3n) is 2.73. The highest BCUT2D eigenvalue weighted by atomic mass is 19.1. The lowest BCUT2D eigenvalue weighted by molar-refractivity contribution is 0.262. The predicted molar refractivity (Wildman–Crippen MR) is 63.7 cm³/mol. The van der Waals surface area contributed by atoms with Crippen molar-refractivity contribution < 1.29 is 9.50 Å². The topological polar surface area (TPSA) is 32.3 Å². The van der Waals surface area contributed by atoms with Gasteiger partial charge in [-0.2, -0.15) is 0 Å². The SMILES string of the molecule is CCC(N[C@H](C)CCO)c1ccc(F)cc1. The Morgan fingerprint density at radius 1 is 1.31 bits per heavy atom. The molecule has 1 rings (SSSR count). The van der Waals surface area contributed by atoms with E-state index in [1.54, 1.807) is 0 Å². The van der Waals surface area contributed by atoms with Gasteiger partial charge in [-0.1, -0.05) is 19.1 Å². The summed E-state index contributed by atoms with van der Waals surface area (Å²) < 4.78 is 12.8. The van der Waals surface area contributed by atoms with Crippen molar-refractivity contribution in [1.29, 1.82) is 0 Å². The first kappa shape index (κ1) is 13.1. The molecule has 0 heterocycles. The molecule has 1 unspecified atom stereocenters. The highest BCUT2D eigenvalue weighted by molar-refractivity contribution is 5.19. The summed E-state index contributed by atoms with van der Waals surface area (Å²) in [6.45, 7) is 4.32. The molecular formula is C13H20FNO. The van der Waals surface area contributed by atoms with E-state index in [1.807, 2.05) is 19.1 Å². The van der Waals surface area contributed by atoms with E-state index >= 15 is 0 Å². The van der Waals surface area contributed by atoms with Crippen molar-refractivity contribution in [3.05, 3.63) is 35.6 Å². The van der Waals surface area contributed by atoms with Crippen LogP contribution in [0.2, 0.25) is 0 Å². The van der Waals surface area contributed by atoms with Gasteiger partial charge in [0.15, 0.2) is 0 Å². The first-order valence-corrected chi connectivity index (χ1v) is 5.79. The van der Waals surface area contributed by atoms with Gasteiger partial charge in [0.05, 0.1) is 0 Å². The summed E-state index contributed by atoms with van der Waals surface area (Å²) in [5, 5.41) is 12.3. The lowest BCUT2D eigenvalue weighted by Gasteiger charge is -2.22. The highest BCUT2D eigenvalue weighted by Gasteiger charge is 2.11. The second-order valence-corrected chi connectivity index (χ2v) is 4.09. The maximum Gasteiger partial charge on any atom is 0.123 e. The third-order valence-corrected chi connectivity index (χ3v) is 2.73. The Balaban J connectivity index is 2.63. The van der Waals surface area contributed by atoms with Crippen LogP contribution in [0.3, 0.4) is 0 Å². The van der Waals surface area contributed by atoms with Crippen LogP contribution < -0.4 is 5.32 Å². The molecule has 2 atom stereocenters. The second-order valence-electron chi connectivity index (χ2n) is 4.09. The van der Waals surface area contributed by atoms with Gasteiger partial charge in [-0.05, 0) is 37.5 Å². The molecule has 90 valence electrons. The van der Waals surface area contributed by atoms with Crippen molar-refractivity contribution >= 4 is 0 Å². The second kappa shape index (κ2) is 6.61. The van der Waals surface area contributed by atoms with E-state index in [4.69, 9.17) is 5.11 Å². The van der Waals surface area contributed by atoms with E-state index < -0.39 is 0 Å². The van der Waals surface area contributed by atoms with Crippen LogP contribution in [0.1, 0.15) is 38.3 Å². The van der Waals surface area contributed by atoms with Gasteiger partial charge >= 0.3 is 0 Å². The van der Waals surface area contributed by atoms with E-state index in [2.05, 4.69) is 12.2 Å². The van der Waals surface area contributed by atoms with Crippen molar-refractivity contribution in [2.45, 2.75) is 38.8 Å². The third kappa shape index (κ3) is 3.91. The number of benzene rings is 1. The molecule has 0 saturated carbocycles. The van der Waals surface area contributed by atoms with Gasteiger partial charge < -0.3 is 10.4 Å². The maximum atomic E-state index is 12.8. The summed E-state index contributed by atoms with van der Waals surface area (Å²) in [7, 11) is 0. The molecule has 0 fully saturated rings. The predicted octanol–water partition coefficient (Wildman–Crippen LogP) is 2.64. The Morgan fingerprint density at radius 2 is 1.94 bits per heavy atom. The number of halogens is 1.